The summed E-state index contributed by atoms with van der Waals surface area (Å²) in [7, 11) is 0. The van der Waals surface area contributed by atoms with Crippen LogP contribution in [0.5, 0.6) is 0 Å². The summed E-state index contributed by atoms with van der Waals surface area (Å²) in [6.07, 6.45) is 7.97. The lowest BCUT2D eigenvalue weighted by molar-refractivity contribution is -0.129. The first-order valence-corrected chi connectivity index (χ1v) is 12.5. The number of halogens is 2. The Balaban J connectivity index is 0. The van der Waals surface area contributed by atoms with Gasteiger partial charge in [0.25, 0.3) is 0 Å². The van der Waals surface area contributed by atoms with E-state index in [1.54, 1.807) is 5.48 Å². The maximum atomic E-state index is 11.8. The molecule has 1 aromatic carbocycles. The Morgan fingerprint density at radius 3 is 1.89 bits per heavy atom. The molecule has 7 nitrogen and oxygen atoms in total. The van der Waals surface area contributed by atoms with Crippen molar-refractivity contribution in [2.24, 2.45) is 0 Å². The zero-order valence-corrected chi connectivity index (χ0v) is 25.2. The Bertz CT molecular complexity index is 668. The molecule has 204 valence electrons. The van der Waals surface area contributed by atoms with Crippen molar-refractivity contribution in [1.29, 1.82) is 0 Å². The number of rotatable bonds is 18. The molecule has 0 aliphatic rings. The second-order valence-corrected chi connectivity index (χ2v) is 9.73. The fraction of sp³-hybridized carbons (Fsp3) is 0.692. The van der Waals surface area contributed by atoms with Crippen LogP contribution in [0.15, 0.2) is 24.3 Å². The van der Waals surface area contributed by atoms with Gasteiger partial charge in [0.2, 0.25) is 11.8 Å². The highest BCUT2D eigenvalue weighted by Gasteiger charge is 2.12. The number of hydrogen-bond acceptors (Lipinski definition) is 5. The highest BCUT2D eigenvalue weighted by molar-refractivity contribution is 8.93. The number of hydrogen-bond donors (Lipinski definition) is 5. The first-order valence-electron chi connectivity index (χ1n) is 12.5. The molecule has 2 amide bonds. The summed E-state index contributed by atoms with van der Waals surface area (Å²) in [5, 5.41) is 18.2. The minimum atomic E-state index is -0.362. The quantitative estimate of drug-likeness (QED) is 0.0905. The van der Waals surface area contributed by atoms with Crippen molar-refractivity contribution >= 4 is 45.8 Å². The normalized spacial score (nSPS) is 10.7. The number of carbonyl (C=O) groups is 2. The number of hydroxylamine groups is 1. The van der Waals surface area contributed by atoms with Crippen LogP contribution in [0.25, 0.3) is 0 Å². The maximum Gasteiger partial charge on any atom is 0.243 e. The van der Waals surface area contributed by atoms with E-state index in [4.69, 9.17) is 5.21 Å². The second-order valence-electron chi connectivity index (χ2n) is 9.73. The smallest absolute Gasteiger partial charge is 0.243 e. The van der Waals surface area contributed by atoms with Crippen LogP contribution in [0.1, 0.15) is 89.7 Å². The molecule has 0 aliphatic heterocycles. The van der Waals surface area contributed by atoms with Gasteiger partial charge < -0.3 is 16.0 Å². The van der Waals surface area contributed by atoms with Gasteiger partial charge in [0.05, 0.1) is 0 Å². The van der Waals surface area contributed by atoms with E-state index in [0.717, 1.165) is 38.9 Å². The number of carbonyl (C=O) groups excluding carboxylic acids is 2. The fourth-order valence-corrected chi connectivity index (χ4v) is 3.50. The first-order chi connectivity index (χ1) is 15.8. The molecule has 0 aliphatic carbocycles. The van der Waals surface area contributed by atoms with Crippen molar-refractivity contribution in [3.8, 4) is 0 Å². The van der Waals surface area contributed by atoms with Gasteiger partial charge in [-0.05, 0) is 55.3 Å². The lowest BCUT2D eigenvalue weighted by Crippen LogP contribution is -2.28. The van der Waals surface area contributed by atoms with Crippen LogP contribution in [0.3, 0.4) is 0 Å². The molecule has 1 rings (SSSR count). The van der Waals surface area contributed by atoms with Crippen molar-refractivity contribution in [2.75, 3.05) is 26.2 Å². The van der Waals surface area contributed by atoms with Crippen LogP contribution in [-0.2, 0) is 21.5 Å². The molecule has 0 fully saturated rings. The van der Waals surface area contributed by atoms with E-state index in [9.17, 15) is 9.59 Å². The van der Waals surface area contributed by atoms with Gasteiger partial charge in [0.15, 0.2) is 0 Å². The molecule has 5 N–H and O–H groups in total. The van der Waals surface area contributed by atoms with E-state index in [0.29, 0.717) is 32.4 Å². The first kappa shape index (κ1) is 36.2. The van der Waals surface area contributed by atoms with E-state index >= 15 is 0 Å². The van der Waals surface area contributed by atoms with Gasteiger partial charge >= 0.3 is 0 Å². The third kappa shape index (κ3) is 19.8. The zero-order valence-electron chi connectivity index (χ0n) is 21.8. The van der Waals surface area contributed by atoms with Crippen LogP contribution in [-0.4, -0.2) is 43.2 Å². The maximum absolute atomic E-state index is 11.8. The Morgan fingerprint density at radius 1 is 0.714 bits per heavy atom. The van der Waals surface area contributed by atoms with Gasteiger partial charge in [0.1, 0.15) is 0 Å². The fourth-order valence-electron chi connectivity index (χ4n) is 3.50. The molecule has 35 heavy (non-hydrogen) atoms. The largest absolute Gasteiger partial charge is 0.356 e. The van der Waals surface area contributed by atoms with Crippen molar-refractivity contribution < 1.29 is 14.8 Å². The molecule has 0 radical (unpaired) electrons. The minimum Gasteiger partial charge on any atom is -0.356 e. The molecule has 0 saturated carbocycles. The molecule has 0 atom stereocenters. The molecule has 0 saturated heterocycles. The Kier molecular flexibility index (Phi) is 23.0. The average molecular weight is 625 g/mol. The van der Waals surface area contributed by atoms with Gasteiger partial charge in [-0.25, -0.2) is 5.48 Å². The third-order valence-corrected chi connectivity index (χ3v) is 5.66. The summed E-state index contributed by atoms with van der Waals surface area (Å²) in [4.78, 5) is 22.6. The van der Waals surface area contributed by atoms with Crippen molar-refractivity contribution in [3.05, 3.63) is 35.4 Å². The molecular weight excluding hydrogens is 576 g/mol. The van der Waals surface area contributed by atoms with Gasteiger partial charge in [0, 0.05) is 32.5 Å². The minimum absolute atomic E-state index is 0. The predicted octanol–water partition coefficient (Wildman–Crippen LogP) is 4.95. The molecule has 0 unspecified atom stereocenters. The lowest BCUT2D eigenvalue weighted by atomic mass is 9.87. The van der Waals surface area contributed by atoms with E-state index in [1.807, 2.05) is 0 Å². The summed E-state index contributed by atoms with van der Waals surface area (Å²) < 4.78 is 0. The van der Waals surface area contributed by atoms with E-state index in [-0.39, 0.29) is 51.2 Å². The molecule has 0 heterocycles. The second kappa shape index (κ2) is 22.2. The number of nitrogens with one attached hydrogen (secondary N) is 4. The highest BCUT2D eigenvalue weighted by atomic mass is 79.9. The molecule has 0 spiro atoms. The van der Waals surface area contributed by atoms with Crippen LogP contribution in [0.4, 0.5) is 0 Å². The van der Waals surface area contributed by atoms with E-state index in [2.05, 4.69) is 61.0 Å². The Hall–Kier alpha value is -1.00. The van der Waals surface area contributed by atoms with E-state index < -0.39 is 0 Å². The Labute approximate surface area is 233 Å². The molecule has 9 heteroatoms. The molecule has 0 aromatic heterocycles. The lowest BCUT2D eigenvalue weighted by Gasteiger charge is -2.19. The monoisotopic (exact) mass is 622 g/mol. The highest BCUT2D eigenvalue weighted by Crippen LogP contribution is 2.22. The predicted molar refractivity (Wildman–Crippen MR) is 155 cm³/mol. The number of unbranched alkanes of at least 4 members (excludes halogenated alkanes) is 5. The SMILES string of the molecule is Br.Br.CC(C)(C)c1ccc(CNCCCCCCNCCC(=O)NCCCCCC(=O)NO)cc1. The van der Waals surface area contributed by atoms with Gasteiger partial charge in [-0.15, -0.1) is 34.0 Å². The van der Waals surface area contributed by atoms with Crippen molar-refractivity contribution in [2.45, 2.75) is 90.5 Å². The molecule has 0 bridgehead atoms. The van der Waals surface area contributed by atoms with Crippen LogP contribution in [0, 0.1) is 0 Å². The zero-order chi connectivity index (χ0) is 24.4. The average Bonchev–Trinajstić information content (AvgIpc) is 2.79. The number of amides is 2. The summed E-state index contributed by atoms with van der Waals surface area (Å²) in [6, 6.07) is 8.92. The van der Waals surface area contributed by atoms with Crippen LogP contribution in [0.2, 0.25) is 0 Å². The van der Waals surface area contributed by atoms with E-state index in [1.165, 1.54) is 30.4 Å². The van der Waals surface area contributed by atoms with Gasteiger partial charge in [-0.3, -0.25) is 14.8 Å². The summed E-state index contributed by atoms with van der Waals surface area (Å²) in [5.74, 6) is -0.297. The standard InChI is InChI=1S/C26H46N4O3.2BrH/c1-26(2,3)23-14-12-22(13-15-23)21-28-18-9-5-4-8-17-27-20-16-24(31)29-19-10-6-7-11-25(32)30-33;;/h12-15,27-28,33H,4-11,16-21H2,1-3H3,(H,29,31)(H,30,32);2*1H. The molecule has 1 aromatic rings. The van der Waals surface area contributed by atoms with Gasteiger partial charge in [-0.1, -0.05) is 64.3 Å². The third-order valence-electron chi connectivity index (χ3n) is 5.66. The Morgan fingerprint density at radius 2 is 1.29 bits per heavy atom. The van der Waals surface area contributed by atoms with Crippen LogP contribution < -0.4 is 21.4 Å². The van der Waals surface area contributed by atoms with Crippen LogP contribution >= 0.6 is 34.0 Å². The van der Waals surface area contributed by atoms with Gasteiger partial charge in [-0.2, -0.15) is 0 Å². The molecular formula is C26H48Br2N4O3. The van der Waals surface area contributed by atoms with Crippen molar-refractivity contribution in [3.63, 3.8) is 0 Å². The summed E-state index contributed by atoms with van der Waals surface area (Å²) in [6.45, 7) is 11.0. The number of benzene rings is 1. The summed E-state index contributed by atoms with van der Waals surface area (Å²) in [5.41, 5.74) is 4.54. The topological polar surface area (TPSA) is 102 Å². The summed E-state index contributed by atoms with van der Waals surface area (Å²) >= 11 is 0. The van der Waals surface area contributed by atoms with Crippen molar-refractivity contribution in [1.82, 2.24) is 21.4 Å².